The van der Waals surface area contributed by atoms with Crippen molar-refractivity contribution in [1.29, 1.82) is 0 Å². The van der Waals surface area contributed by atoms with E-state index in [-0.39, 0.29) is 36.4 Å². The van der Waals surface area contributed by atoms with Gasteiger partial charge in [-0.3, -0.25) is 9.59 Å². The molecule has 1 aromatic rings. The minimum atomic E-state index is -0.501. The fourth-order valence-corrected chi connectivity index (χ4v) is 4.12. The minimum Gasteiger partial charge on any atom is -0.444 e. The highest BCUT2D eigenvalue weighted by Crippen LogP contribution is 2.17. The SMILES string of the molecule is C[C@@H]1CCN[C@@H]1C(=O)N[C@@H](CCC(N)=O)[C@@H](C)OCc1ccc(CCCNC(=O)OC(C)(C)C)cc1. The zero-order valence-corrected chi connectivity index (χ0v) is 22.4. The van der Waals surface area contributed by atoms with Gasteiger partial charge in [0.25, 0.3) is 0 Å². The molecule has 9 heteroatoms. The van der Waals surface area contributed by atoms with Crippen LogP contribution in [0, 0.1) is 5.92 Å². The molecule has 1 aliphatic heterocycles. The number of amides is 3. The second-order valence-corrected chi connectivity index (χ2v) is 10.7. The maximum absolute atomic E-state index is 12.8. The molecule has 0 radical (unpaired) electrons. The number of nitrogens with two attached hydrogens (primary N) is 1. The molecule has 1 aliphatic rings. The standard InChI is InChI=1S/C27H44N4O5/c1-18-14-16-29-24(18)25(33)31-22(12-13-23(28)32)19(2)35-17-21-10-8-20(9-11-21)7-6-15-30-26(34)36-27(3,4)5/h8-11,18-19,22,24,29H,6-7,12-17H2,1-5H3,(H2,28,32)(H,30,34)(H,31,33)/t18-,19-,22+,24+/m1/s1. The Hall–Kier alpha value is -2.65. The Labute approximate surface area is 215 Å². The maximum Gasteiger partial charge on any atom is 0.407 e. The molecule has 0 saturated carbocycles. The number of alkyl carbamates (subject to hydrolysis) is 1. The predicted octanol–water partition coefficient (Wildman–Crippen LogP) is 2.80. The Bertz CT molecular complexity index is 853. The van der Waals surface area contributed by atoms with E-state index in [9.17, 15) is 14.4 Å². The lowest BCUT2D eigenvalue weighted by molar-refractivity contribution is -0.126. The second-order valence-electron chi connectivity index (χ2n) is 10.7. The fraction of sp³-hybridized carbons (Fsp3) is 0.667. The van der Waals surface area contributed by atoms with E-state index in [0.29, 0.717) is 19.6 Å². The Morgan fingerprint density at radius 2 is 1.83 bits per heavy atom. The number of carbonyl (C=O) groups is 3. The first-order valence-corrected chi connectivity index (χ1v) is 12.9. The number of hydrogen-bond donors (Lipinski definition) is 4. The molecule has 1 fully saturated rings. The molecule has 1 heterocycles. The molecule has 1 aromatic carbocycles. The number of rotatable bonds is 13. The first kappa shape index (κ1) is 29.6. The largest absolute Gasteiger partial charge is 0.444 e. The molecule has 202 valence electrons. The third-order valence-electron chi connectivity index (χ3n) is 6.26. The minimum absolute atomic E-state index is 0.0598. The normalized spacial score (nSPS) is 19.4. The van der Waals surface area contributed by atoms with Crippen LogP contribution < -0.4 is 21.7 Å². The summed E-state index contributed by atoms with van der Waals surface area (Å²) >= 11 is 0. The van der Waals surface area contributed by atoms with Crippen molar-refractivity contribution in [2.45, 2.75) is 97.1 Å². The summed E-state index contributed by atoms with van der Waals surface area (Å²) in [5.41, 5.74) is 7.03. The third-order valence-corrected chi connectivity index (χ3v) is 6.26. The predicted molar refractivity (Wildman–Crippen MR) is 139 cm³/mol. The first-order chi connectivity index (χ1) is 16.9. The molecule has 1 saturated heterocycles. The number of primary amides is 1. The number of nitrogens with one attached hydrogen (secondary N) is 3. The van der Waals surface area contributed by atoms with Gasteiger partial charge in [0.15, 0.2) is 0 Å². The van der Waals surface area contributed by atoms with Gasteiger partial charge in [-0.2, -0.15) is 0 Å². The topological polar surface area (TPSA) is 132 Å². The molecule has 0 spiro atoms. The molecule has 0 aromatic heterocycles. The monoisotopic (exact) mass is 504 g/mol. The average Bonchev–Trinajstić information content (AvgIpc) is 3.23. The van der Waals surface area contributed by atoms with Crippen LogP contribution in [0.15, 0.2) is 24.3 Å². The van der Waals surface area contributed by atoms with Crippen molar-refractivity contribution in [3.8, 4) is 0 Å². The van der Waals surface area contributed by atoms with Crippen LogP contribution in [0.25, 0.3) is 0 Å². The lowest BCUT2D eigenvalue weighted by Gasteiger charge is -2.27. The summed E-state index contributed by atoms with van der Waals surface area (Å²) in [6.45, 7) is 11.2. The summed E-state index contributed by atoms with van der Waals surface area (Å²) in [5, 5.41) is 9.08. The summed E-state index contributed by atoms with van der Waals surface area (Å²) in [7, 11) is 0. The lowest BCUT2D eigenvalue weighted by Crippen LogP contribution is -2.51. The van der Waals surface area contributed by atoms with Crippen molar-refractivity contribution in [3.63, 3.8) is 0 Å². The Morgan fingerprint density at radius 1 is 1.17 bits per heavy atom. The summed E-state index contributed by atoms with van der Waals surface area (Å²) in [6, 6.07) is 7.61. The molecule has 5 N–H and O–H groups in total. The van der Waals surface area contributed by atoms with Crippen molar-refractivity contribution in [2.24, 2.45) is 11.7 Å². The summed E-state index contributed by atoms with van der Waals surface area (Å²) in [6.07, 6.45) is 2.53. The van der Waals surface area contributed by atoms with Crippen molar-refractivity contribution in [1.82, 2.24) is 16.0 Å². The van der Waals surface area contributed by atoms with E-state index in [1.807, 2.05) is 39.8 Å². The van der Waals surface area contributed by atoms with Gasteiger partial charge in [-0.25, -0.2) is 4.79 Å². The molecular formula is C27H44N4O5. The highest BCUT2D eigenvalue weighted by molar-refractivity contribution is 5.83. The highest BCUT2D eigenvalue weighted by Gasteiger charge is 2.31. The zero-order chi connectivity index (χ0) is 26.7. The highest BCUT2D eigenvalue weighted by atomic mass is 16.6. The molecular weight excluding hydrogens is 460 g/mol. The summed E-state index contributed by atoms with van der Waals surface area (Å²) in [5.74, 6) is -0.189. The van der Waals surface area contributed by atoms with Gasteiger partial charge in [0.1, 0.15) is 5.60 Å². The van der Waals surface area contributed by atoms with Gasteiger partial charge in [-0.05, 0) is 77.0 Å². The third kappa shape index (κ3) is 11.0. The molecule has 0 bridgehead atoms. The van der Waals surface area contributed by atoms with Crippen LogP contribution in [0.1, 0.15) is 71.4 Å². The van der Waals surface area contributed by atoms with Gasteiger partial charge in [-0.1, -0.05) is 31.2 Å². The number of aryl methyl sites for hydroxylation is 1. The Kier molecular flexibility index (Phi) is 11.7. The van der Waals surface area contributed by atoms with Crippen LogP contribution in [0.5, 0.6) is 0 Å². The van der Waals surface area contributed by atoms with Crippen molar-refractivity contribution in [3.05, 3.63) is 35.4 Å². The number of benzene rings is 1. The van der Waals surface area contributed by atoms with Crippen LogP contribution in [-0.2, 0) is 32.1 Å². The van der Waals surface area contributed by atoms with E-state index in [2.05, 4.69) is 35.0 Å². The number of hydrogen-bond acceptors (Lipinski definition) is 6. The van der Waals surface area contributed by atoms with Gasteiger partial charge < -0.3 is 31.2 Å². The zero-order valence-electron chi connectivity index (χ0n) is 22.4. The Balaban J connectivity index is 1.79. The Morgan fingerprint density at radius 3 is 2.42 bits per heavy atom. The van der Waals surface area contributed by atoms with Gasteiger partial charge >= 0.3 is 6.09 Å². The molecule has 0 aliphatic carbocycles. The average molecular weight is 505 g/mol. The van der Waals surface area contributed by atoms with E-state index in [1.54, 1.807) is 0 Å². The molecule has 36 heavy (non-hydrogen) atoms. The number of ether oxygens (including phenoxy) is 2. The van der Waals surface area contributed by atoms with Crippen LogP contribution in [0.3, 0.4) is 0 Å². The molecule has 0 unspecified atom stereocenters. The molecule has 4 atom stereocenters. The van der Waals surface area contributed by atoms with E-state index in [1.165, 1.54) is 5.56 Å². The van der Waals surface area contributed by atoms with Crippen LogP contribution in [0.2, 0.25) is 0 Å². The molecule has 2 rings (SSSR count). The molecule has 9 nitrogen and oxygen atoms in total. The number of carbonyl (C=O) groups excluding carboxylic acids is 3. The van der Waals surface area contributed by atoms with E-state index < -0.39 is 17.6 Å². The smallest absolute Gasteiger partial charge is 0.407 e. The maximum atomic E-state index is 12.8. The van der Waals surface area contributed by atoms with E-state index >= 15 is 0 Å². The van der Waals surface area contributed by atoms with E-state index in [4.69, 9.17) is 15.2 Å². The van der Waals surface area contributed by atoms with Crippen molar-refractivity contribution in [2.75, 3.05) is 13.1 Å². The quantitative estimate of drug-likeness (QED) is 0.306. The van der Waals surface area contributed by atoms with Crippen LogP contribution in [0.4, 0.5) is 4.79 Å². The first-order valence-electron chi connectivity index (χ1n) is 12.9. The van der Waals surface area contributed by atoms with E-state index in [0.717, 1.165) is 31.4 Å². The lowest BCUT2D eigenvalue weighted by atomic mass is 10.0. The van der Waals surface area contributed by atoms with Gasteiger partial charge in [-0.15, -0.1) is 0 Å². The summed E-state index contributed by atoms with van der Waals surface area (Å²) in [4.78, 5) is 35.8. The van der Waals surface area contributed by atoms with Crippen LogP contribution in [-0.4, -0.2) is 54.8 Å². The fourth-order valence-electron chi connectivity index (χ4n) is 4.12. The van der Waals surface area contributed by atoms with Crippen LogP contribution >= 0.6 is 0 Å². The van der Waals surface area contributed by atoms with Gasteiger partial charge in [0.05, 0.1) is 24.8 Å². The van der Waals surface area contributed by atoms with Crippen molar-refractivity contribution >= 4 is 17.9 Å². The summed E-state index contributed by atoms with van der Waals surface area (Å²) < 4.78 is 11.3. The van der Waals surface area contributed by atoms with Crippen molar-refractivity contribution < 1.29 is 23.9 Å². The molecule has 3 amide bonds. The van der Waals surface area contributed by atoms with Gasteiger partial charge in [0, 0.05) is 13.0 Å². The second kappa shape index (κ2) is 14.2. The van der Waals surface area contributed by atoms with Gasteiger partial charge in [0.2, 0.25) is 11.8 Å².